The summed E-state index contributed by atoms with van der Waals surface area (Å²) < 4.78 is 0. The molecule has 0 spiro atoms. The number of rotatable bonds is 9. The van der Waals surface area contributed by atoms with Crippen LogP contribution in [0.3, 0.4) is 0 Å². The Balaban J connectivity index is 1.55. The molecule has 2 fully saturated rings. The van der Waals surface area contributed by atoms with Crippen molar-refractivity contribution in [1.29, 1.82) is 0 Å². The van der Waals surface area contributed by atoms with E-state index < -0.39 is 0 Å². The van der Waals surface area contributed by atoms with Gasteiger partial charge in [-0.15, -0.1) is 23.2 Å². The fourth-order valence-electron chi connectivity index (χ4n) is 5.26. The molecule has 2 aromatic rings. The first-order chi connectivity index (χ1) is 14.5. The summed E-state index contributed by atoms with van der Waals surface area (Å²) >= 11 is 14.2. The van der Waals surface area contributed by atoms with Gasteiger partial charge in [0.25, 0.3) is 0 Å². The van der Waals surface area contributed by atoms with Gasteiger partial charge in [0.15, 0.2) is 0 Å². The first kappa shape index (κ1) is 22.2. The van der Waals surface area contributed by atoms with E-state index in [0.29, 0.717) is 6.04 Å². The Hall–Kier alpha value is -1.02. The Morgan fingerprint density at radius 1 is 0.867 bits per heavy atom. The van der Waals surface area contributed by atoms with Crippen molar-refractivity contribution in [1.82, 2.24) is 4.90 Å². The van der Waals surface area contributed by atoms with E-state index in [2.05, 4.69) is 67.4 Å². The summed E-state index contributed by atoms with van der Waals surface area (Å²) in [5.41, 5.74) is 5.55. The van der Waals surface area contributed by atoms with Crippen LogP contribution in [0.5, 0.6) is 0 Å². The van der Waals surface area contributed by atoms with Gasteiger partial charge in [0.1, 0.15) is 0 Å². The van der Waals surface area contributed by atoms with Crippen molar-refractivity contribution < 1.29 is 0 Å². The standard InChI is InChI=1S/C27H35Cl2N/c1-3-22(30(2)20-21-10-5-4-6-11-21)14-15-23-24(26(28)16-8-17-26)12-7-13-25(23)27(29)18-9-19-27/h4-7,10-13,22H,3,8-9,14-20H2,1-2H3. The Morgan fingerprint density at radius 3 is 1.90 bits per heavy atom. The second-order valence-electron chi connectivity index (χ2n) is 9.47. The first-order valence-corrected chi connectivity index (χ1v) is 12.5. The topological polar surface area (TPSA) is 3.24 Å². The van der Waals surface area contributed by atoms with E-state index in [4.69, 9.17) is 23.2 Å². The quantitative estimate of drug-likeness (QED) is 0.357. The van der Waals surface area contributed by atoms with Crippen molar-refractivity contribution in [2.75, 3.05) is 7.05 Å². The van der Waals surface area contributed by atoms with Crippen molar-refractivity contribution in [2.24, 2.45) is 0 Å². The van der Waals surface area contributed by atoms with Gasteiger partial charge < -0.3 is 0 Å². The van der Waals surface area contributed by atoms with Gasteiger partial charge in [-0.1, -0.05) is 55.5 Å². The maximum absolute atomic E-state index is 7.09. The van der Waals surface area contributed by atoms with Crippen LogP contribution in [-0.2, 0) is 22.7 Å². The van der Waals surface area contributed by atoms with Crippen molar-refractivity contribution in [3.8, 4) is 0 Å². The minimum Gasteiger partial charge on any atom is -0.299 e. The third-order valence-corrected chi connectivity index (χ3v) is 8.69. The average molecular weight is 444 g/mol. The van der Waals surface area contributed by atoms with Gasteiger partial charge >= 0.3 is 0 Å². The minimum atomic E-state index is -0.167. The van der Waals surface area contributed by atoms with E-state index in [9.17, 15) is 0 Å². The molecule has 30 heavy (non-hydrogen) atoms. The Kier molecular flexibility index (Phi) is 6.82. The van der Waals surface area contributed by atoms with Gasteiger partial charge in [-0.2, -0.15) is 0 Å². The molecule has 0 amide bonds. The zero-order chi connectivity index (χ0) is 21.2. The largest absolute Gasteiger partial charge is 0.299 e. The fourth-order valence-corrected chi connectivity index (χ4v) is 6.15. The molecule has 4 rings (SSSR count). The summed E-state index contributed by atoms with van der Waals surface area (Å²) in [6.45, 7) is 3.30. The summed E-state index contributed by atoms with van der Waals surface area (Å²) in [5, 5.41) is 0. The summed E-state index contributed by atoms with van der Waals surface area (Å²) in [7, 11) is 2.26. The molecule has 3 heteroatoms. The van der Waals surface area contributed by atoms with Crippen LogP contribution in [0, 0.1) is 0 Å². The monoisotopic (exact) mass is 443 g/mol. The van der Waals surface area contributed by atoms with Crippen LogP contribution in [0.1, 0.15) is 80.5 Å². The Bertz CT molecular complexity index is 801. The molecule has 2 aliphatic carbocycles. The lowest BCUT2D eigenvalue weighted by atomic mass is 9.71. The zero-order valence-electron chi connectivity index (χ0n) is 18.5. The summed E-state index contributed by atoms with van der Waals surface area (Å²) in [6, 6.07) is 18.1. The predicted molar refractivity (Wildman–Crippen MR) is 130 cm³/mol. The number of hydrogen-bond donors (Lipinski definition) is 0. The molecule has 2 saturated carbocycles. The molecule has 162 valence electrons. The van der Waals surface area contributed by atoms with Crippen LogP contribution in [0.15, 0.2) is 48.5 Å². The van der Waals surface area contributed by atoms with Crippen LogP contribution >= 0.6 is 23.2 Å². The summed E-state index contributed by atoms with van der Waals surface area (Å²) in [4.78, 5) is 2.18. The van der Waals surface area contributed by atoms with Crippen molar-refractivity contribution in [3.05, 3.63) is 70.8 Å². The summed E-state index contributed by atoms with van der Waals surface area (Å²) in [6.07, 6.45) is 10.2. The van der Waals surface area contributed by atoms with E-state index in [1.54, 1.807) is 0 Å². The van der Waals surface area contributed by atoms with Gasteiger partial charge in [-0.05, 0) is 87.1 Å². The molecule has 0 heterocycles. The molecule has 1 unspecified atom stereocenters. The van der Waals surface area contributed by atoms with E-state index in [-0.39, 0.29) is 9.75 Å². The van der Waals surface area contributed by atoms with Crippen molar-refractivity contribution in [3.63, 3.8) is 0 Å². The third kappa shape index (κ3) is 4.45. The molecular weight excluding hydrogens is 409 g/mol. The highest BCUT2D eigenvalue weighted by Crippen LogP contribution is 2.53. The van der Waals surface area contributed by atoms with Crippen LogP contribution < -0.4 is 0 Å². The molecule has 1 nitrogen and oxygen atoms in total. The minimum absolute atomic E-state index is 0.167. The molecule has 0 bridgehead atoms. The lowest BCUT2D eigenvalue weighted by molar-refractivity contribution is 0.215. The molecule has 2 aromatic carbocycles. The SMILES string of the molecule is CCC(CCc1c(C2(Cl)CCC2)cccc1C1(Cl)CCC1)N(C)Cc1ccccc1. The molecule has 1 atom stereocenters. The number of nitrogens with zero attached hydrogens (tertiary/aromatic N) is 1. The molecule has 0 saturated heterocycles. The van der Waals surface area contributed by atoms with Crippen molar-refractivity contribution in [2.45, 2.75) is 87.0 Å². The molecular formula is C27H35Cl2N. The van der Waals surface area contributed by atoms with Gasteiger partial charge in [0.2, 0.25) is 0 Å². The highest BCUT2D eigenvalue weighted by molar-refractivity contribution is 6.25. The number of benzene rings is 2. The van der Waals surface area contributed by atoms with E-state index in [1.807, 2.05) is 0 Å². The van der Waals surface area contributed by atoms with E-state index >= 15 is 0 Å². The van der Waals surface area contributed by atoms with Crippen molar-refractivity contribution >= 4 is 23.2 Å². The maximum Gasteiger partial charge on any atom is 0.0697 e. The number of hydrogen-bond acceptors (Lipinski definition) is 1. The van der Waals surface area contributed by atoms with E-state index in [1.165, 1.54) is 35.1 Å². The summed E-state index contributed by atoms with van der Waals surface area (Å²) in [5.74, 6) is 0. The first-order valence-electron chi connectivity index (χ1n) is 11.7. The van der Waals surface area contributed by atoms with Gasteiger partial charge in [-0.3, -0.25) is 4.90 Å². The normalized spacial score (nSPS) is 20.4. The smallest absolute Gasteiger partial charge is 0.0697 e. The highest BCUT2D eigenvalue weighted by Gasteiger charge is 2.43. The second kappa shape index (κ2) is 9.23. The van der Waals surface area contributed by atoms with Gasteiger partial charge in [0.05, 0.1) is 9.75 Å². The highest BCUT2D eigenvalue weighted by atomic mass is 35.5. The van der Waals surface area contributed by atoms with Crippen LogP contribution in [0.2, 0.25) is 0 Å². The van der Waals surface area contributed by atoms with Gasteiger partial charge in [0, 0.05) is 12.6 Å². The lowest BCUT2D eigenvalue weighted by Crippen LogP contribution is -2.35. The zero-order valence-corrected chi connectivity index (χ0v) is 20.0. The average Bonchev–Trinajstić information content (AvgIpc) is 2.71. The number of alkyl halides is 2. The van der Waals surface area contributed by atoms with Crippen LogP contribution in [0.4, 0.5) is 0 Å². The predicted octanol–water partition coefficient (Wildman–Crippen LogP) is 7.77. The lowest BCUT2D eigenvalue weighted by Gasteiger charge is -2.42. The van der Waals surface area contributed by atoms with Crippen LogP contribution in [-0.4, -0.2) is 18.0 Å². The molecule has 0 radical (unpaired) electrons. The molecule has 0 aromatic heterocycles. The number of halogens is 2. The van der Waals surface area contributed by atoms with Gasteiger partial charge in [-0.25, -0.2) is 0 Å². The fraction of sp³-hybridized carbons (Fsp3) is 0.556. The molecule has 2 aliphatic rings. The van der Waals surface area contributed by atoms with E-state index in [0.717, 1.165) is 51.5 Å². The maximum atomic E-state index is 7.09. The second-order valence-corrected chi connectivity index (χ2v) is 10.9. The van der Waals surface area contributed by atoms with Crippen LogP contribution in [0.25, 0.3) is 0 Å². The Labute approximate surface area is 192 Å². The molecule has 0 N–H and O–H groups in total. The molecule has 0 aliphatic heterocycles. The Morgan fingerprint density at radius 2 is 1.43 bits per heavy atom. The third-order valence-electron chi connectivity index (χ3n) is 7.53.